The summed E-state index contributed by atoms with van der Waals surface area (Å²) in [6.45, 7) is 2.63. The molecule has 8 heteroatoms. The molecule has 0 spiro atoms. The van der Waals surface area contributed by atoms with Gasteiger partial charge in [0, 0.05) is 6.54 Å². The number of aromatic nitrogens is 4. The Morgan fingerprint density at radius 2 is 1.83 bits per heavy atom. The predicted octanol–water partition coefficient (Wildman–Crippen LogP) is 3.40. The molecule has 0 saturated carbocycles. The molecule has 1 amide bonds. The van der Waals surface area contributed by atoms with Crippen molar-refractivity contribution in [3.63, 3.8) is 0 Å². The molecule has 1 aliphatic carbocycles. The number of unbranched alkanes of at least 4 members (excludes halogenated alkanes) is 1. The number of amides is 1. The van der Waals surface area contributed by atoms with Gasteiger partial charge < -0.3 is 9.88 Å². The summed E-state index contributed by atoms with van der Waals surface area (Å²) >= 11 is 0. The summed E-state index contributed by atoms with van der Waals surface area (Å²) in [5.41, 5.74) is 2.95. The normalized spacial score (nSPS) is 15.1. The van der Waals surface area contributed by atoms with E-state index < -0.39 is 11.2 Å². The maximum absolute atomic E-state index is 13.6. The lowest BCUT2D eigenvalue weighted by Gasteiger charge is -2.26. The summed E-state index contributed by atoms with van der Waals surface area (Å²) in [6.07, 6.45) is 6.26. The second kappa shape index (κ2) is 10.4. The summed E-state index contributed by atoms with van der Waals surface area (Å²) in [7, 11) is 0. The fraction of sp³-hybridized carbons (Fsp3) is 0.357. The lowest BCUT2D eigenvalue weighted by molar-refractivity contribution is -0.122. The first-order chi connectivity index (χ1) is 17.6. The molecule has 5 rings (SSSR count). The van der Waals surface area contributed by atoms with E-state index in [2.05, 4.69) is 23.3 Å². The van der Waals surface area contributed by atoms with Crippen molar-refractivity contribution in [2.24, 2.45) is 0 Å². The van der Waals surface area contributed by atoms with Crippen LogP contribution in [0.3, 0.4) is 0 Å². The van der Waals surface area contributed by atoms with E-state index in [1.807, 2.05) is 48.5 Å². The average Bonchev–Trinajstić information content (AvgIpc) is 3.32. The van der Waals surface area contributed by atoms with Crippen LogP contribution in [-0.2, 0) is 30.8 Å². The summed E-state index contributed by atoms with van der Waals surface area (Å²) in [6, 6.07) is 17.6. The molecule has 1 aliphatic rings. The van der Waals surface area contributed by atoms with Crippen molar-refractivity contribution in [3.05, 3.63) is 98.5 Å². The third-order valence-electron chi connectivity index (χ3n) is 6.93. The molecular weight excluding hydrogens is 454 g/mol. The number of aryl methyl sites for hydroxylation is 2. The number of carbonyl (C=O) groups is 1. The van der Waals surface area contributed by atoms with E-state index in [0.717, 1.165) is 47.8 Å². The highest BCUT2D eigenvalue weighted by molar-refractivity contribution is 5.77. The van der Waals surface area contributed by atoms with Crippen LogP contribution in [0.1, 0.15) is 55.3 Å². The van der Waals surface area contributed by atoms with Crippen molar-refractivity contribution in [1.29, 1.82) is 0 Å². The molecule has 2 heterocycles. The van der Waals surface area contributed by atoms with Crippen LogP contribution in [0.25, 0.3) is 11.2 Å². The van der Waals surface area contributed by atoms with Crippen LogP contribution in [0.15, 0.2) is 70.5 Å². The summed E-state index contributed by atoms with van der Waals surface area (Å²) in [5, 5.41) is 3.07. The van der Waals surface area contributed by atoms with Crippen LogP contribution >= 0.6 is 0 Å². The Morgan fingerprint density at radius 3 is 2.64 bits per heavy atom. The fourth-order valence-corrected chi connectivity index (χ4v) is 5.07. The highest BCUT2D eigenvalue weighted by Crippen LogP contribution is 2.29. The lowest BCUT2D eigenvalue weighted by Crippen LogP contribution is -2.45. The first-order valence-electron chi connectivity index (χ1n) is 12.7. The Labute approximate surface area is 209 Å². The quantitative estimate of drug-likeness (QED) is 0.414. The predicted molar refractivity (Wildman–Crippen MR) is 139 cm³/mol. The average molecular weight is 486 g/mol. The molecule has 0 bridgehead atoms. The first-order valence-corrected chi connectivity index (χ1v) is 12.7. The van der Waals surface area contributed by atoms with Crippen molar-refractivity contribution < 1.29 is 4.79 Å². The van der Waals surface area contributed by atoms with Crippen molar-refractivity contribution in [2.75, 3.05) is 0 Å². The summed E-state index contributed by atoms with van der Waals surface area (Å²) in [5.74, 6) is -0.346. The molecule has 0 aliphatic heterocycles. The van der Waals surface area contributed by atoms with Gasteiger partial charge in [0.05, 0.1) is 18.9 Å². The zero-order valence-corrected chi connectivity index (χ0v) is 20.5. The number of carbonyl (C=O) groups excluding carboxylic acids is 1. The summed E-state index contributed by atoms with van der Waals surface area (Å²) < 4.78 is 4.35. The van der Waals surface area contributed by atoms with E-state index in [-0.39, 0.29) is 25.0 Å². The van der Waals surface area contributed by atoms with Gasteiger partial charge in [-0.15, -0.1) is 0 Å². The molecule has 8 nitrogen and oxygen atoms in total. The maximum Gasteiger partial charge on any atom is 0.333 e. The SMILES string of the molecule is CCCCn1cnc2c1c(=O)n(CC(=O)N[C@@H]1CCCc3ccccc31)c(=O)n2Cc1ccccc1. The molecule has 2 aromatic carbocycles. The Balaban J connectivity index is 1.52. The molecule has 0 radical (unpaired) electrons. The number of benzene rings is 2. The van der Waals surface area contributed by atoms with Crippen molar-refractivity contribution in [3.8, 4) is 0 Å². The zero-order valence-electron chi connectivity index (χ0n) is 20.5. The molecule has 0 fully saturated rings. The lowest BCUT2D eigenvalue weighted by atomic mass is 9.88. The van der Waals surface area contributed by atoms with E-state index in [1.165, 1.54) is 10.1 Å². The highest BCUT2D eigenvalue weighted by Gasteiger charge is 2.24. The van der Waals surface area contributed by atoms with Gasteiger partial charge in [-0.25, -0.2) is 14.3 Å². The van der Waals surface area contributed by atoms with Gasteiger partial charge in [0.2, 0.25) is 5.91 Å². The Hall–Kier alpha value is -3.94. The van der Waals surface area contributed by atoms with Gasteiger partial charge >= 0.3 is 5.69 Å². The van der Waals surface area contributed by atoms with Gasteiger partial charge in [-0.2, -0.15) is 0 Å². The molecule has 0 unspecified atom stereocenters. The van der Waals surface area contributed by atoms with Gasteiger partial charge in [-0.1, -0.05) is 67.9 Å². The van der Waals surface area contributed by atoms with Gasteiger partial charge in [0.15, 0.2) is 11.2 Å². The number of nitrogens with zero attached hydrogens (tertiary/aromatic N) is 4. The van der Waals surface area contributed by atoms with E-state index in [4.69, 9.17) is 0 Å². The van der Waals surface area contributed by atoms with E-state index in [1.54, 1.807) is 10.9 Å². The molecular formula is C28H31N5O3. The number of imidazole rings is 1. The number of fused-ring (bicyclic) bond motifs is 2. The van der Waals surface area contributed by atoms with Crippen LogP contribution < -0.4 is 16.6 Å². The Morgan fingerprint density at radius 1 is 1.06 bits per heavy atom. The first kappa shape index (κ1) is 23.8. The molecule has 1 atom stereocenters. The van der Waals surface area contributed by atoms with Gasteiger partial charge in [0.25, 0.3) is 5.56 Å². The third-order valence-corrected chi connectivity index (χ3v) is 6.93. The van der Waals surface area contributed by atoms with Crippen LogP contribution in [0, 0.1) is 0 Å². The van der Waals surface area contributed by atoms with E-state index in [0.29, 0.717) is 17.7 Å². The van der Waals surface area contributed by atoms with Crippen molar-refractivity contribution >= 4 is 17.1 Å². The van der Waals surface area contributed by atoms with Gasteiger partial charge in [-0.05, 0) is 42.4 Å². The number of rotatable bonds is 8. The van der Waals surface area contributed by atoms with E-state index in [9.17, 15) is 14.4 Å². The summed E-state index contributed by atoms with van der Waals surface area (Å²) in [4.78, 5) is 44.7. The van der Waals surface area contributed by atoms with Gasteiger partial charge in [-0.3, -0.25) is 14.2 Å². The van der Waals surface area contributed by atoms with E-state index >= 15 is 0 Å². The molecule has 186 valence electrons. The number of hydrogen-bond acceptors (Lipinski definition) is 4. The fourth-order valence-electron chi connectivity index (χ4n) is 5.07. The molecule has 36 heavy (non-hydrogen) atoms. The smallest absolute Gasteiger partial charge is 0.333 e. The number of nitrogens with one attached hydrogen (secondary N) is 1. The van der Waals surface area contributed by atoms with Crippen LogP contribution in [0.2, 0.25) is 0 Å². The molecule has 0 saturated heterocycles. The number of hydrogen-bond donors (Lipinski definition) is 1. The standard InChI is InChI=1S/C28H31N5O3/c1-2-3-16-31-19-29-26-25(31)27(35)33(28(36)32(26)17-20-10-5-4-6-11-20)18-24(34)30-23-15-9-13-21-12-7-8-14-22(21)23/h4-8,10-12,14,19,23H,2-3,9,13,15-18H2,1H3,(H,30,34)/t23-/m1/s1. The van der Waals surface area contributed by atoms with Crippen molar-refractivity contribution in [2.45, 2.75) is 64.7 Å². The minimum Gasteiger partial charge on any atom is -0.348 e. The van der Waals surface area contributed by atoms with Crippen LogP contribution in [0.4, 0.5) is 0 Å². The zero-order chi connectivity index (χ0) is 25.1. The van der Waals surface area contributed by atoms with Crippen LogP contribution in [-0.4, -0.2) is 24.6 Å². The third kappa shape index (κ3) is 4.63. The highest BCUT2D eigenvalue weighted by atomic mass is 16.2. The van der Waals surface area contributed by atoms with Crippen LogP contribution in [0.5, 0.6) is 0 Å². The largest absolute Gasteiger partial charge is 0.348 e. The van der Waals surface area contributed by atoms with Gasteiger partial charge in [0.1, 0.15) is 6.54 Å². The topological polar surface area (TPSA) is 90.9 Å². The maximum atomic E-state index is 13.6. The second-order valence-corrected chi connectivity index (χ2v) is 9.42. The Bertz CT molecular complexity index is 1500. The van der Waals surface area contributed by atoms with Crippen molar-refractivity contribution in [1.82, 2.24) is 24.0 Å². The minimum atomic E-state index is -0.531. The minimum absolute atomic E-state index is 0.122. The molecule has 1 N–H and O–H groups in total. The molecule has 4 aromatic rings. The second-order valence-electron chi connectivity index (χ2n) is 9.42. The Kier molecular flexibility index (Phi) is 6.84. The monoisotopic (exact) mass is 485 g/mol. The molecule has 2 aromatic heterocycles.